The van der Waals surface area contributed by atoms with Crippen molar-refractivity contribution in [2.24, 2.45) is 11.6 Å². The lowest BCUT2D eigenvalue weighted by Crippen LogP contribution is -2.42. The van der Waals surface area contributed by atoms with Crippen LogP contribution in [0.4, 0.5) is 0 Å². The number of hydrogen-bond acceptors (Lipinski definition) is 1. The van der Waals surface area contributed by atoms with Gasteiger partial charge in [-0.1, -0.05) is 56.7 Å². The summed E-state index contributed by atoms with van der Waals surface area (Å²) < 4.78 is 0. The summed E-state index contributed by atoms with van der Waals surface area (Å²) in [5.41, 5.74) is 7.17. The first-order valence-electron chi connectivity index (χ1n) is 5.91. The van der Waals surface area contributed by atoms with E-state index in [0.717, 1.165) is 12.8 Å². The fourth-order valence-electron chi connectivity index (χ4n) is 2.30. The molecule has 0 amide bonds. The normalized spacial score (nSPS) is 16.2. The van der Waals surface area contributed by atoms with Crippen LogP contribution in [0.15, 0.2) is 43.0 Å². The van der Waals surface area contributed by atoms with Crippen LogP contribution in [0.1, 0.15) is 32.3 Å². The van der Waals surface area contributed by atoms with Gasteiger partial charge in [0.1, 0.15) is 0 Å². The quantitative estimate of drug-likeness (QED) is 0.571. The van der Waals surface area contributed by atoms with Crippen molar-refractivity contribution in [3.63, 3.8) is 0 Å². The third-order valence-corrected chi connectivity index (χ3v) is 3.53. The molecule has 0 aromatic heterocycles. The molecule has 1 nitrogen and oxygen atoms in total. The van der Waals surface area contributed by atoms with E-state index in [2.05, 4.69) is 44.7 Å². The molecule has 0 spiro atoms. The highest BCUT2D eigenvalue weighted by Gasteiger charge is 2.33. The van der Waals surface area contributed by atoms with Gasteiger partial charge < -0.3 is 5.64 Å². The van der Waals surface area contributed by atoms with Crippen molar-refractivity contribution in [2.75, 3.05) is 0 Å². The van der Waals surface area contributed by atoms with Gasteiger partial charge in [-0.25, -0.2) is 0 Å². The Kier molecular flexibility index (Phi) is 4.82. The number of rotatable bonds is 6. The van der Waals surface area contributed by atoms with Crippen LogP contribution >= 0.6 is 0 Å². The maximum atomic E-state index is 5.89. The largest absolute Gasteiger partial charge is 0.374 e. The van der Waals surface area contributed by atoms with Gasteiger partial charge in [-0.2, -0.15) is 0 Å². The fourth-order valence-corrected chi connectivity index (χ4v) is 2.30. The van der Waals surface area contributed by atoms with Crippen LogP contribution in [-0.2, 0) is 5.31 Å². The van der Waals surface area contributed by atoms with Gasteiger partial charge in [-0.3, -0.25) is 0 Å². The summed E-state index contributed by atoms with van der Waals surface area (Å²) in [7, 11) is 1.83. The lowest BCUT2D eigenvalue weighted by molar-refractivity contribution is 0.385. The second-order valence-electron chi connectivity index (χ2n) is 4.44. The number of hydrogen-bond donors (Lipinski definition) is 1. The molecule has 0 fully saturated rings. The number of nitrogens with two attached hydrogens (primary N) is 1. The second-order valence-corrected chi connectivity index (χ2v) is 4.44. The Labute approximate surface area is 100 Å². The first kappa shape index (κ1) is 13.1. The molecule has 0 aliphatic carbocycles. The minimum atomic E-state index is -0.0653. The zero-order valence-corrected chi connectivity index (χ0v) is 10.3. The Bertz CT molecular complexity index is 323. The molecule has 0 saturated carbocycles. The lowest BCUT2D eigenvalue weighted by Gasteiger charge is -2.36. The smallest absolute Gasteiger partial charge is 0.214 e. The third-order valence-electron chi connectivity index (χ3n) is 3.53. The molecule has 0 bridgehead atoms. The van der Waals surface area contributed by atoms with Crippen LogP contribution in [0.2, 0.25) is 0 Å². The molecule has 16 heavy (non-hydrogen) atoms. The van der Waals surface area contributed by atoms with Crippen molar-refractivity contribution in [1.29, 1.82) is 0 Å². The van der Waals surface area contributed by atoms with Gasteiger partial charge >= 0.3 is 0 Å². The summed E-state index contributed by atoms with van der Waals surface area (Å²) in [6.45, 7) is 8.25. The molecular weight excluding hydrogens is 193 g/mol. The van der Waals surface area contributed by atoms with Gasteiger partial charge in [0, 0.05) is 0 Å². The second kappa shape index (κ2) is 5.90. The van der Waals surface area contributed by atoms with Crippen LogP contribution in [0.25, 0.3) is 0 Å². The molecule has 1 rings (SSSR count). The average Bonchev–Trinajstić information content (AvgIpc) is 2.36. The van der Waals surface area contributed by atoms with E-state index in [9.17, 15) is 0 Å². The van der Waals surface area contributed by atoms with E-state index in [-0.39, 0.29) is 5.31 Å². The number of allylic oxidation sites excluding steroid dienone is 1. The predicted octanol–water partition coefficient (Wildman–Crippen LogP) is 3.08. The molecule has 0 aliphatic rings. The topological polar surface area (TPSA) is 26.0 Å². The van der Waals surface area contributed by atoms with Gasteiger partial charge in [0.2, 0.25) is 7.41 Å². The molecule has 2 N–H and O–H groups in total. The molecule has 0 heterocycles. The standard InChI is InChI=1S/C14H21BN/c1-4-9-12(5-2)14(3,15-16)13-10-7-6-8-11-13/h4,6-8,10-12H,1,5,9,16H2,2-3H3. The fraction of sp³-hybridized carbons (Fsp3) is 0.429. The van der Waals surface area contributed by atoms with Gasteiger partial charge in [0.15, 0.2) is 0 Å². The third kappa shape index (κ3) is 2.56. The predicted molar refractivity (Wildman–Crippen MR) is 72.3 cm³/mol. The first-order valence-corrected chi connectivity index (χ1v) is 5.91. The van der Waals surface area contributed by atoms with Gasteiger partial charge in [0.25, 0.3) is 0 Å². The van der Waals surface area contributed by atoms with Crippen LogP contribution in [-0.4, -0.2) is 7.41 Å². The van der Waals surface area contributed by atoms with E-state index in [0.29, 0.717) is 5.92 Å². The van der Waals surface area contributed by atoms with Crippen molar-refractivity contribution in [2.45, 2.75) is 32.0 Å². The van der Waals surface area contributed by atoms with Crippen LogP contribution in [0, 0.1) is 5.92 Å². The van der Waals surface area contributed by atoms with Crippen molar-refractivity contribution in [3.8, 4) is 0 Å². The van der Waals surface area contributed by atoms with Crippen molar-refractivity contribution in [1.82, 2.24) is 0 Å². The molecular formula is C14H21BN. The zero-order valence-electron chi connectivity index (χ0n) is 10.3. The number of benzene rings is 1. The van der Waals surface area contributed by atoms with E-state index in [1.165, 1.54) is 5.56 Å². The minimum Gasteiger partial charge on any atom is -0.374 e. The molecule has 85 valence electrons. The van der Waals surface area contributed by atoms with E-state index < -0.39 is 0 Å². The summed E-state index contributed by atoms with van der Waals surface area (Å²) >= 11 is 0. The van der Waals surface area contributed by atoms with Crippen molar-refractivity contribution in [3.05, 3.63) is 48.6 Å². The highest BCUT2D eigenvalue weighted by atomic mass is 14.4. The molecule has 0 saturated heterocycles. The van der Waals surface area contributed by atoms with Crippen LogP contribution in [0.3, 0.4) is 0 Å². The van der Waals surface area contributed by atoms with E-state index >= 15 is 0 Å². The molecule has 1 radical (unpaired) electrons. The van der Waals surface area contributed by atoms with Gasteiger partial charge in [-0.15, -0.1) is 6.58 Å². The zero-order chi connectivity index (χ0) is 12.0. The van der Waals surface area contributed by atoms with E-state index in [1.54, 1.807) is 0 Å². The summed E-state index contributed by atoms with van der Waals surface area (Å²) in [5, 5.41) is -0.0653. The highest BCUT2D eigenvalue weighted by Crippen LogP contribution is 2.34. The summed E-state index contributed by atoms with van der Waals surface area (Å²) in [6, 6.07) is 10.5. The molecule has 0 aliphatic heterocycles. The maximum absolute atomic E-state index is 5.89. The maximum Gasteiger partial charge on any atom is 0.214 e. The molecule has 1 aromatic carbocycles. The minimum absolute atomic E-state index is 0.0653. The lowest BCUT2D eigenvalue weighted by atomic mass is 9.51. The van der Waals surface area contributed by atoms with Gasteiger partial charge in [0.05, 0.1) is 0 Å². The van der Waals surface area contributed by atoms with Gasteiger partial charge in [-0.05, 0) is 23.2 Å². The van der Waals surface area contributed by atoms with Crippen LogP contribution < -0.4 is 5.64 Å². The van der Waals surface area contributed by atoms with E-state index in [1.807, 2.05) is 19.6 Å². The Balaban J connectivity index is 3.04. The molecule has 1 aromatic rings. The average molecular weight is 214 g/mol. The van der Waals surface area contributed by atoms with Crippen molar-refractivity contribution >= 4 is 7.41 Å². The summed E-state index contributed by atoms with van der Waals surface area (Å²) in [5.74, 6) is 0.511. The Hall–Kier alpha value is -1.02. The Morgan fingerprint density at radius 2 is 2.06 bits per heavy atom. The molecule has 2 atom stereocenters. The Morgan fingerprint density at radius 1 is 1.44 bits per heavy atom. The highest BCUT2D eigenvalue weighted by molar-refractivity contribution is 6.36. The van der Waals surface area contributed by atoms with Crippen molar-refractivity contribution < 1.29 is 0 Å². The monoisotopic (exact) mass is 214 g/mol. The summed E-state index contributed by atoms with van der Waals surface area (Å²) in [6.07, 6.45) is 4.08. The Morgan fingerprint density at radius 3 is 2.50 bits per heavy atom. The SMILES string of the molecule is C=CCC(CC)C(C)([B]N)c1ccccc1. The molecule has 2 unspecified atom stereocenters. The van der Waals surface area contributed by atoms with Crippen LogP contribution in [0.5, 0.6) is 0 Å². The first-order chi connectivity index (χ1) is 7.69. The summed E-state index contributed by atoms with van der Waals surface area (Å²) in [4.78, 5) is 0. The molecule has 2 heteroatoms. The van der Waals surface area contributed by atoms with E-state index in [4.69, 9.17) is 5.64 Å².